The largest absolute Gasteiger partial charge is 0.384 e. The Morgan fingerprint density at radius 2 is 2.32 bits per heavy atom. The molecule has 1 saturated heterocycles. The van der Waals surface area contributed by atoms with Crippen molar-refractivity contribution in [2.75, 3.05) is 25.0 Å². The SMILES string of the molecule is c1cc2c(c(CN3CCO[C@H]4CCC[C@H]43)c1)NCC2. The van der Waals surface area contributed by atoms with Crippen LogP contribution < -0.4 is 5.32 Å². The summed E-state index contributed by atoms with van der Waals surface area (Å²) >= 11 is 0. The number of nitrogens with one attached hydrogen (secondary N) is 1. The molecule has 102 valence electrons. The van der Waals surface area contributed by atoms with Gasteiger partial charge in [0.05, 0.1) is 12.7 Å². The van der Waals surface area contributed by atoms with Crippen molar-refractivity contribution in [3.8, 4) is 0 Å². The molecule has 2 atom stereocenters. The maximum Gasteiger partial charge on any atom is 0.0731 e. The Kier molecular flexibility index (Phi) is 2.97. The molecule has 0 bridgehead atoms. The maximum absolute atomic E-state index is 5.91. The number of rotatable bonds is 2. The number of nitrogens with zero attached hydrogens (tertiary/aromatic N) is 1. The zero-order valence-electron chi connectivity index (χ0n) is 11.4. The molecule has 3 heteroatoms. The molecule has 1 aromatic rings. The Morgan fingerprint density at radius 3 is 3.32 bits per heavy atom. The van der Waals surface area contributed by atoms with E-state index in [4.69, 9.17) is 4.74 Å². The van der Waals surface area contributed by atoms with Gasteiger partial charge in [0.25, 0.3) is 0 Å². The van der Waals surface area contributed by atoms with Crippen LogP contribution in [0.4, 0.5) is 5.69 Å². The lowest BCUT2D eigenvalue weighted by atomic mass is 10.0. The summed E-state index contributed by atoms with van der Waals surface area (Å²) in [7, 11) is 0. The van der Waals surface area contributed by atoms with Gasteiger partial charge in [0.2, 0.25) is 0 Å². The maximum atomic E-state index is 5.91. The van der Waals surface area contributed by atoms with Crippen molar-refractivity contribution in [1.29, 1.82) is 0 Å². The summed E-state index contributed by atoms with van der Waals surface area (Å²) in [6.07, 6.45) is 5.58. The fraction of sp³-hybridized carbons (Fsp3) is 0.625. The van der Waals surface area contributed by atoms with E-state index >= 15 is 0 Å². The van der Waals surface area contributed by atoms with Crippen LogP contribution in [0.5, 0.6) is 0 Å². The number of ether oxygens (including phenoxy) is 1. The first kappa shape index (κ1) is 11.7. The summed E-state index contributed by atoms with van der Waals surface area (Å²) in [5.41, 5.74) is 4.37. The van der Waals surface area contributed by atoms with Gasteiger partial charge in [-0.3, -0.25) is 4.90 Å². The van der Waals surface area contributed by atoms with E-state index in [0.717, 1.165) is 26.2 Å². The van der Waals surface area contributed by atoms with Crippen molar-refractivity contribution in [3.63, 3.8) is 0 Å². The number of benzene rings is 1. The summed E-state index contributed by atoms with van der Waals surface area (Å²) in [6, 6.07) is 7.42. The minimum Gasteiger partial charge on any atom is -0.384 e. The van der Waals surface area contributed by atoms with Gasteiger partial charge in [-0.2, -0.15) is 0 Å². The fourth-order valence-corrected chi connectivity index (χ4v) is 3.96. The van der Waals surface area contributed by atoms with Gasteiger partial charge in [0.15, 0.2) is 0 Å². The Hall–Kier alpha value is -1.06. The summed E-state index contributed by atoms with van der Waals surface area (Å²) in [4.78, 5) is 2.65. The summed E-state index contributed by atoms with van der Waals surface area (Å²) in [5, 5.41) is 3.56. The van der Waals surface area contributed by atoms with Gasteiger partial charge in [-0.05, 0) is 36.8 Å². The zero-order chi connectivity index (χ0) is 12.7. The molecule has 4 rings (SSSR count). The van der Waals surface area contributed by atoms with E-state index in [9.17, 15) is 0 Å². The summed E-state index contributed by atoms with van der Waals surface area (Å²) < 4.78 is 5.91. The number of hydrogen-bond acceptors (Lipinski definition) is 3. The van der Waals surface area contributed by atoms with Crippen LogP contribution in [0.2, 0.25) is 0 Å². The van der Waals surface area contributed by atoms with Crippen LogP contribution in [0.25, 0.3) is 0 Å². The quantitative estimate of drug-likeness (QED) is 0.881. The highest BCUT2D eigenvalue weighted by Gasteiger charge is 2.36. The van der Waals surface area contributed by atoms with E-state index in [1.54, 1.807) is 0 Å². The third-order valence-corrected chi connectivity index (χ3v) is 4.90. The van der Waals surface area contributed by atoms with Crippen LogP contribution in [0, 0.1) is 0 Å². The number of morpholine rings is 1. The molecule has 1 N–H and O–H groups in total. The Labute approximate surface area is 114 Å². The van der Waals surface area contributed by atoms with Crippen molar-refractivity contribution in [2.24, 2.45) is 0 Å². The average Bonchev–Trinajstić information content (AvgIpc) is 3.08. The predicted octanol–water partition coefficient (Wildman–Crippen LogP) is 2.41. The van der Waals surface area contributed by atoms with Gasteiger partial charge in [-0.15, -0.1) is 0 Å². The number of hydrogen-bond donors (Lipinski definition) is 1. The molecule has 3 aliphatic rings. The van der Waals surface area contributed by atoms with Crippen molar-refractivity contribution in [2.45, 2.75) is 44.4 Å². The van der Waals surface area contributed by atoms with Gasteiger partial charge < -0.3 is 10.1 Å². The Balaban J connectivity index is 1.56. The molecule has 2 fully saturated rings. The molecule has 2 aliphatic heterocycles. The molecule has 0 spiro atoms. The lowest BCUT2D eigenvalue weighted by Gasteiger charge is -2.38. The highest BCUT2D eigenvalue weighted by Crippen LogP contribution is 2.33. The third-order valence-electron chi connectivity index (χ3n) is 4.90. The molecule has 0 aromatic heterocycles. The van der Waals surface area contributed by atoms with Crippen LogP contribution in [0.3, 0.4) is 0 Å². The zero-order valence-corrected chi connectivity index (χ0v) is 11.4. The van der Waals surface area contributed by atoms with Gasteiger partial charge in [-0.25, -0.2) is 0 Å². The van der Waals surface area contributed by atoms with Crippen LogP contribution in [0.15, 0.2) is 18.2 Å². The Morgan fingerprint density at radius 1 is 1.32 bits per heavy atom. The van der Waals surface area contributed by atoms with Crippen LogP contribution in [0.1, 0.15) is 30.4 Å². The van der Waals surface area contributed by atoms with Crippen molar-refractivity contribution >= 4 is 5.69 Å². The van der Waals surface area contributed by atoms with E-state index in [1.807, 2.05) is 0 Å². The topological polar surface area (TPSA) is 24.5 Å². The van der Waals surface area contributed by atoms with E-state index in [1.165, 1.54) is 42.5 Å². The summed E-state index contributed by atoms with van der Waals surface area (Å²) in [6.45, 7) is 4.18. The number of para-hydroxylation sites is 1. The van der Waals surface area contributed by atoms with Crippen molar-refractivity contribution in [1.82, 2.24) is 4.90 Å². The van der Waals surface area contributed by atoms with E-state index in [-0.39, 0.29) is 0 Å². The van der Waals surface area contributed by atoms with Crippen LogP contribution in [-0.4, -0.2) is 36.7 Å². The first-order valence-corrected chi connectivity index (χ1v) is 7.62. The molecule has 0 radical (unpaired) electrons. The number of anilines is 1. The first-order chi connectivity index (χ1) is 9.42. The lowest BCUT2D eigenvalue weighted by Crippen LogP contribution is -2.47. The first-order valence-electron chi connectivity index (χ1n) is 7.62. The number of fused-ring (bicyclic) bond motifs is 2. The second-order valence-electron chi connectivity index (χ2n) is 6.01. The average molecular weight is 258 g/mol. The van der Waals surface area contributed by atoms with E-state index in [0.29, 0.717) is 12.1 Å². The van der Waals surface area contributed by atoms with Crippen LogP contribution >= 0.6 is 0 Å². The molecular weight excluding hydrogens is 236 g/mol. The fourth-order valence-electron chi connectivity index (χ4n) is 3.96. The molecule has 0 amide bonds. The highest BCUT2D eigenvalue weighted by atomic mass is 16.5. The van der Waals surface area contributed by atoms with Gasteiger partial charge in [-0.1, -0.05) is 18.2 Å². The smallest absolute Gasteiger partial charge is 0.0731 e. The van der Waals surface area contributed by atoms with Crippen LogP contribution in [-0.2, 0) is 17.7 Å². The molecule has 2 heterocycles. The molecule has 19 heavy (non-hydrogen) atoms. The molecule has 1 saturated carbocycles. The minimum absolute atomic E-state index is 0.499. The van der Waals surface area contributed by atoms with Gasteiger partial charge in [0, 0.05) is 31.4 Å². The minimum atomic E-state index is 0.499. The second kappa shape index (κ2) is 4.80. The van der Waals surface area contributed by atoms with Gasteiger partial charge in [0.1, 0.15) is 0 Å². The van der Waals surface area contributed by atoms with E-state index < -0.39 is 0 Å². The predicted molar refractivity (Wildman–Crippen MR) is 76.4 cm³/mol. The normalized spacial score (nSPS) is 29.9. The van der Waals surface area contributed by atoms with Crippen molar-refractivity contribution in [3.05, 3.63) is 29.3 Å². The molecule has 3 nitrogen and oxygen atoms in total. The molecule has 1 aromatic carbocycles. The standard InChI is InChI=1S/C16H22N2O/c1-3-12-7-8-17-16(12)13(4-1)11-18-9-10-19-15-6-2-5-14(15)18/h1,3-4,14-15,17H,2,5-11H2/t14-,15+/m1/s1. The Bertz CT molecular complexity index is 474. The van der Waals surface area contributed by atoms with Crippen molar-refractivity contribution < 1.29 is 4.74 Å². The molecular formula is C16H22N2O. The van der Waals surface area contributed by atoms with Gasteiger partial charge >= 0.3 is 0 Å². The van der Waals surface area contributed by atoms with E-state index in [2.05, 4.69) is 28.4 Å². The molecule has 1 aliphatic carbocycles. The molecule has 0 unspecified atom stereocenters. The lowest BCUT2D eigenvalue weighted by molar-refractivity contribution is -0.0587. The second-order valence-corrected chi connectivity index (χ2v) is 6.01. The third kappa shape index (κ3) is 2.05. The monoisotopic (exact) mass is 258 g/mol. The summed E-state index contributed by atoms with van der Waals surface area (Å²) in [5.74, 6) is 0. The highest BCUT2D eigenvalue weighted by molar-refractivity contribution is 5.61.